The lowest BCUT2D eigenvalue weighted by Gasteiger charge is -2.37. The molecule has 3 unspecified atom stereocenters. The molecule has 3 saturated heterocycles. The fourth-order valence-electron chi connectivity index (χ4n) is 7.38. The van der Waals surface area contributed by atoms with Crippen LogP contribution in [0.5, 0.6) is 0 Å². The Morgan fingerprint density at radius 3 is 2.31 bits per heavy atom. The van der Waals surface area contributed by atoms with E-state index >= 15 is 0 Å². The predicted molar refractivity (Wildman–Crippen MR) is 158 cm³/mol. The maximum Gasteiger partial charge on any atom is 0.250 e. The number of carbonyl (C=O) groups is 3. The zero-order chi connectivity index (χ0) is 29.6. The number of likely N-dealkylation sites (tertiary alicyclic amines) is 1. The van der Waals surface area contributed by atoms with E-state index in [1.807, 2.05) is 74.5 Å². The molecule has 3 amide bonds. The van der Waals surface area contributed by atoms with Crippen LogP contribution < -0.4 is 10.6 Å². The number of ether oxygens (including phenoxy) is 1. The molecule has 0 radical (unpaired) electrons. The van der Waals surface area contributed by atoms with Gasteiger partial charge in [-0.1, -0.05) is 79.2 Å². The quantitative estimate of drug-likeness (QED) is 0.363. The van der Waals surface area contributed by atoms with E-state index in [4.69, 9.17) is 16.3 Å². The van der Waals surface area contributed by atoms with E-state index in [1.165, 1.54) is 4.90 Å². The molecule has 3 aliphatic heterocycles. The van der Waals surface area contributed by atoms with Gasteiger partial charge < -0.3 is 25.4 Å². The third-order valence-electron chi connectivity index (χ3n) is 9.40. The monoisotopic (exact) mass is 587 g/mol. The van der Waals surface area contributed by atoms with E-state index in [0.29, 0.717) is 29.2 Å². The summed E-state index contributed by atoms with van der Waals surface area (Å²) in [7, 11) is 0. The molecule has 3 N–H and O–H groups in total. The molecule has 3 aromatic carbocycles. The first-order valence-electron chi connectivity index (χ1n) is 14.3. The molecule has 0 saturated carbocycles. The largest absolute Gasteiger partial charge is 0.394 e. The summed E-state index contributed by atoms with van der Waals surface area (Å²) in [6.07, 6.45) is 0.421. The second kappa shape index (κ2) is 10.8. The highest BCUT2D eigenvalue weighted by Gasteiger charge is 2.80. The minimum absolute atomic E-state index is 0.107. The van der Waals surface area contributed by atoms with Gasteiger partial charge >= 0.3 is 0 Å². The van der Waals surface area contributed by atoms with Gasteiger partial charge in [-0.3, -0.25) is 14.4 Å². The maximum atomic E-state index is 14.6. The number of anilines is 1. The number of fused-ring (bicyclic) bond motifs is 1. The summed E-state index contributed by atoms with van der Waals surface area (Å²) in [6, 6.07) is 23.5. The van der Waals surface area contributed by atoms with Crippen LogP contribution in [0.25, 0.3) is 0 Å². The predicted octanol–water partition coefficient (Wildman–Crippen LogP) is 4.34. The zero-order valence-electron chi connectivity index (χ0n) is 23.5. The Hall–Kier alpha value is -3.72. The highest BCUT2D eigenvalue weighted by Crippen LogP contribution is 2.66. The van der Waals surface area contributed by atoms with Crippen molar-refractivity contribution in [3.05, 3.63) is 101 Å². The van der Waals surface area contributed by atoms with E-state index < -0.39 is 47.6 Å². The third kappa shape index (κ3) is 4.49. The summed E-state index contributed by atoms with van der Waals surface area (Å²) < 4.78 is 6.80. The minimum Gasteiger partial charge on any atom is -0.394 e. The van der Waals surface area contributed by atoms with Crippen molar-refractivity contribution in [3.8, 4) is 0 Å². The van der Waals surface area contributed by atoms with E-state index in [1.54, 1.807) is 24.3 Å². The average molecular weight is 588 g/mol. The van der Waals surface area contributed by atoms with Gasteiger partial charge in [0.15, 0.2) is 0 Å². The van der Waals surface area contributed by atoms with Gasteiger partial charge in [-0.2, -0.15) is 0 Å². The fourth-order valence-corrected chi connectivity index (χ4v) is 7.51. The normalized spacial score (nSPS) is 30.2. The molecule has 3 heterocycles. The van der Waals surface area contributed by atoms with Crippen molar-refractivity contribution in [2.75, 3.05) is 11.9 Å². The van der Waals surface area contributed by atoms with E-state index in [9.17, 15) is 19.5 Å². The van der Waals surface area contributed by atoms with Crippen molar-refractivity contribution in [1.29, 1.82) is 0 Å². The van der Waals surface area contributed by atoms with Crippen LogP contribution in [0.15, 0.2) is 84.9 Å². The Labute approximate surface area is 250 Å². The molecule has 7 atom stereocenters. The van der Waals surface area contributed by atoms with Crippen LogP contribution in [0.2, 0.25) is 5.02 Å². The average Bonchev–Trinajstić information content (AvgIpc) is 3.51. The molecular weight excluding hydrogens is 554 g/mol. The second-order valence-corrected chi connectivity index (χ2v) is 12.2. The molecule has 2 bridgehead atoms. The topological polar surface area (TPSA) is 108 Å². The first-order valence-corrected chi connectivity index (χ1v) is 14.6. The van der Waals surface area contributed by atoms with Crippen molar-refractivity contribution in [3.63, 3.8) is 0 Å². The summed E-state index contributed by atoms with van der Waals surface area (Å²) in [5, 5.41) is 17.1. The molecule has 0 aromatic heterocycles. The number of nitrogens with zero attached hydrogens (tertiary/aromatic N) is 1. The SMILES string of the molecule is CC1CC23O[C@]1(C)[C@@H](C(=O)NCc1ccccc1)[C@H]2C(=O)N([C@H](CO)c1ccccc1)C3C(=O)Nc1ccc(Cl)cc1. The third-order valence-corrected chi connectivity index (χ3v) is 9.65. The van der Waals surface area contributed by atoms with Crippen LogP contribution in [0.4, 0.5) is 5.69 Å². The summed E-state index contributed by atoms with van der Waals surface area (Å²) >= 11 is 6.06. The lowest BCUT2D eigenvalue weighted by atomic mass is 9.62. The number of benzene rings is 3. The molecule has 3 aliphatic rings. The van der Waals surface area contributed by atoms with Gasteiger partial charge in [-0.05, 0) is 54.7 Å². The Morgan fingerprint density at radius 2 is 1.67 bits per heavy atom. The maximum absolute atomic E-state index is 14.6. The first-order chi connectivity index (χ1) is 20.2. The number of halogens is 1. The molecule has 3 aromatic rings. The zero-order valence-corrected chi connectivity index (χ0v) is 24.3. The van der Waals surface area contributed by atoms with Gasteiger partial charge in [0.05, 0.1) is 30.1 Å². The van der Waals surface area contributed by atoms with Crippen LogP contribution in [0.1, 0.15) is 37.4 Å². The van der Waals surface area contributed by atoms with Crippen LogP contribution in [0.3, 0.4) is 0 Å². The van der Waals surface area contributed by atoms with Crippen molar-refractivity contribution < 1.29 is 24.2 Å². The number of nitrogens with one attached hydrogen (secondary N) is 2. The van der Waals surface area contributed by atoms with Gasteiger partial charge in [-0.15, -0.1) is 0 Å². The second-order valence-electron chi connectivity index (χ2n) is 11.8. The number of amides is 3. The lowest BCUT2D eigenvalue weighted by molar-refractivity contribution is -0.149. The first kappa shape index (κ1) is 28.4. The number of carbonyl (C=O) groups excluding carboxylic acids is 3. The molecule has 0 aliphatic carbocycles. The van der Waals surface area contributed by atoms with Crippen LogP contribution >= 0.6 is 11.6 Å². The highest BCUT2D eigenvalue weighted by molar-refractivity contribution is 6.30. The Balaban J connectivity index is 1.41. The fraction of sp³-hybridized carbons (Fsp3) is 0.364. The van der Waals surface area contributed by atoms with Crippen molar-refractivity contribution in [2.24, 2.45) is 17.8 Å². The number of aliphatic hydroxyl groups excluding tert-OH is 1. The number of hydrogen-bond acceptors (Lipinski definition) is 5. The number of aliphatic hydroxyl groups is 1. The van der Waals surface area contributed by atoms with E-state index in [0.717, 1.165) is 5.56 Å². The Bertz CT molecular complexity index is 1490. The van der Waals surface area contributed by atoms with Gasteiger partial charge in [0.1, 0.15) is 11.6 Å². The van der Waals surface area contributed by atoms with Gasteiger partial charge in [0.25, 0.3) is 0 Å². The number of hydrogen-bond donors (Lipinski definition) is 3. The molecular formula is C33H34ClN3O5. The van der Waals surface area contributed by atoms with Crippen molar-refractivity contribution in [2.45, 2.75) is 50.1 Å². The van der Waals surface area contributed by atoms with Crippen molar-refractivity contribution in [1.82, 2.24) is 10.2 Å². The smallest absolute Gasteiger partial charge is 0.250 e. The van der Waals surface area contributed by atoms with Gasteiger partial charge in [-0.25, -0.2) is 0 Å². The Kier molecular flexibility index (Phi) is 7.33. The summed E-state index contributed by atoms with van der Waals surface area (Å²) in [6.45, 7) is 3.79. The molecule has 3 fully saturated rings. The molecule has 42 heavy (non-hydrogen) atoms. The molecule has 6 rings (SSSR count). The highest BCUT2D eigenvalue weighted by atomic mass is 35.5. The Morgan fingerprint density at radius 1 is 1.02 bits per heavy atom. The molecule has 1 spiro atoms. The van der Waals surface area contributed by atoms with Crippen LogP contribution in [-0.4, -0.2) is 51.6 Å². The van der Waals surface area contributed by atoms with Crippen LogP contribution in [0, 0.1) is 17.8 Å². The minimum atomic E-state index is -1.25. The standard InChI is InChI=1S/C33H34ClN3O5/c1-20-17-33-27(26(32(20,2)42-33)29(39)35-18-21-9-5-3-6-10-21)31(41)37(25(19-38)22-11-7-4-8-12-22)28(33)30(40)36-24-15-13-23(34)14-16-24/h3-16,20,25-28,38H,17-19H2,1-2H3,(H,35,39)(H,36,40)/t20?,25-,26-,27+,28?,32+,33?/m1/s1. The van der Waals surface area contributed by atoms with Crippen molar-refractivity contribution >= 4 is 35.0 Å². The van der Waals surface area contributed by atoms with Crippen LogP contribution in [-0.2, 0) is 25.7 Å². The summed E-state index contributed by atoms with van der Waals surface area (Å²) in [5.74, 6) is -2.91. The molecule has 8 nitrogen and oxygen atoms in total. The summed E-state index contributed by atoms with van der Waals surface area (Å²) in [5.41, 5.74) is -0.0628. The summed E-state index contributed by atoms with van der Waals surface area (Å²) in [4.78, 5) is 44.2. The van der Waals surface area contributed by atoms with Gasteiger partial charge in [0, 0.05) is 17.3 Å². The molecule has 9 heteroatoms. The van der Waals surface area contributed by atoms with E-state index in [2.05, 4.69) is 10.6 Å². The molecule has 218 valence electrons. The lowest BCUT2D eigenvalue weighted by Crippen LogP contribution is -2.55. The number of rotatable bonds is 8. The van der Waals surface area contributed by atoms with Gasteiger partial charge in [0.2, 0.25) is 17.7 Å². The van der Waals surface area contributed by atoms with E-state index in [-0.39, 0.29) is 17.7 Å².